The third kappa shape index (κ3) is 7.00. The fourth-order valence-electron chi connectivity index (χ4n) is 3.78. The zero-order valence-electron chi connectivity index (χ0n) is 19.9. The van der Waals surface area contributed by atoms with Crippen LogP contribution in [0.3, 0.4) is 0 Å². The Morgan fingerprint density at radius 3 is 2.06 bits per heavy atom. The first-order chi connectivity index (χ1) is 17.1. The molecule has 7 nitrogen and oxygen atoms in total. The molecule has 3 aromatic rings. The van der Waals surface area contributed by atoms with Crippen LogP contribution < -0.4 is 9.62 Å². The predicted octanol–water partition coefficient (Wildman–Crippen LogP) is 4.15. The van der Waals surface area contributed by atoms with Gasteiger partial charge in [-0.2, -0.15) is 0 Å². The number of likely N-dealkylation sites (N-methyl/N-ethyl adjacent to an activating group) is 1. The highest BCUT2D eigenvalue weighted by Crippen LogP contribution is 2.28. The number of nitrogens with zero attached hydrogens (tertiary/aromatic N) is 2. The first-order valence-electron chi connectivity index (χ1n) is 11.1. The van der Waals surface area contributed by atoms with E-state index in [0.717, 1.165) is 16.1 Å². The van der Waals surface area contributed by atoms with Crippen LogP contribution in [0.2, 0.25) is 10.0 Å². The van der Waals surface area contributed by atoms with Crippen LogP contribution in [0.4, 0.5) is 5.69 Å². The summed E-state index contributed by atoms with van der Waals surface area (Å²) in [5.41, 5.74) is 1.64. The maximum atomic E-state index is 13.8. The van der Waals surface area contributed by atoms with Gasteiger partial charge in [0.05, 0.1) is 17.0 Å². The topological polar surface area (TPSA) is 86.8 Å². The normalized spacial score (nSPS) is 12.0. The number of rotatable bonds is 10. The number of sulfonamides is 1. The predicted molar refractivity (Wildman–Crippen MR) is 144 cm³/mol. The first-order valence-corrected chi connectivity index (χ1v) is 13.7. The van der Waals surface area contributed by atoms with Crippen molar-refractivity contribution in [3.05, 3.63) is 100 Å². The van der Waals surface area contributed by atoms with E-state index >= 15 is 0 Å². The van der Waals surface area contributed by atoms with Crippen molar-refractivity contribution in [3.8, 4) is 0 Å². The van der Waals surface area contributed by atoms with Gasteiger partial charge in [-0.15, -0.1) is 0 Å². The highest BCUT2D eigenvalue weighted by Gasteiger charge is 2.33. The number of anilines is 1. The van der Waals surface area contributed by atoms with Gasteiger partial charge in [-0.25, -0.2) is 8.42 Å². The number of nitrogens with one attached hydrogen (secondary N) is 1. The number of carbonyl (C=O) groups excluding carboxylic acids is 2. The molecule has 36 heavy (non-hydrogen) atoms. The monoisotopic (exact) mass is 547 g/mol. The molecular weight excluding hydrogens is 521 g/mol. The van der Waals surface area contributed by atoms with Gasteiger partial charge in [0.2, 0.25) is 21.8 Å². The Morgan fingerprint density at radius 2 is 1.47 bits per heavy atom. The van der Waals surface area contributed by atoms with E-state index in [1.165, 1.54) is 18.0 Å². The Morgan fingerprint density at radius 1 is 0.889 bits per heavy atom. The molecule has 2 amide bonds. The first kappa shape index (κ1) is 27.5. The van der Waals surface area contributed by atoms with E-state index in [1.54, 1.807) is 42.5 Å². The summed E-state index contributed by atoms with van der Waals surface area (Å²) in [6.45, 7) is -0.543. The van der Waals surface area contributed by atoms with Gasteiger partial charge >= 0.3 is 0 Å². The van der Waals surface area contributed by atoms with Crippen LogP contribution in [0.15, 0.2) is 78.9 Å². The van der Waals surface area contributed by atoms with E-state index in [2.05, 4.69) is 5.32 Å². The Labute approximate surface area is 221 Å². The van der Waals surface area contributed by atoms with Crippen LogP contribution in [0.1, 0.15) is 11.1 Å². The molecule has 0 saturated heterocycles. The second kappa shape index (κ2) is 12.3. The van der Waals surface area contributed by atoms with Crippen LogP contribution in [0.5, 0.6) is 0 Å². The van der Waals surface area contributed by atoms with Gasteiger partial charge in [0, 0.05) is 25.0 Å². The number of carbonyl (C=O) groups is 2. The molecule has 0 fully saturated rings. The number of hydrogen-bond acceptors (Lipinski definition) is 4. The summed E-state index contributed by atoms with van der Waals surface area (Å²) in [5.74, 6) is -0.965. The smallest absolute Gasteiger partial charge is 0.244 e. The molecule has 3 rings (SSSR count). The fourth-order valence-corrected chi connectivity index (χ4v) is 5.12. The van der Waals surface area contributed by atoms with Gasteiger partial charge in [0.25, 0.3) is 0 Å². The lowest BCUT2D eigenvalue weighted by atomic mass is 10.0. The Balaban J connectivity index is 2.05. The van der Waals surface area contributed by atoms with E-state index in [1.807, 2.05) is 30.3 Å². The average Bonchev–Trinajstić information content (AvgIpc) is 2.85. The van der Waals surface area contributed by atoms with E-state index in [9.17, 15) is 18.0 Å². The fraction of sp³-hybridized carbons (Fsp3) is 0.231. The minimum absolute atomic E-state index is 0.00352. The molecule has 3 aromatic carbocycles. The van der Waals surface area contributed by atoms with Crippen molar-refractivity contribution < 1.29 is 18.0 Å². The van der Waals surface area contributed by atoms with Crippen LogP contribution in [0.25, 0.3) is 0 Å². The van der Waals surface area contributed by atoms with E-state index < -0.39 is 28.5 Å². The van der Waals surface area contributed by atoms with E-state index in [-0.39, 0.29) is 29.6 Å². The second-order valence-electron chi connectivity index (χ2n) is 8.15. The van der Waals surface area contributed by atoms with Gasteiger partial charge in [-0.1, -0.05) is 83.9 Å². The molecule has 0 aliphatic carbocycles. The summed E-state index contributed by atoms with van der Waals surface area (Å²) in [6, 6.07) is 21.7. The van der Waals surface area contributed by atoms with Crippen molar-refractivity contribution >= 4 is 50.7 Å². The minimum atomic E-state index is -3.89. The summed E-state index contributed by atoms with van der Waals surface area (Å²) in [4.78, 5) is 28.2. The van der Waals surface area contributed by atoms with Crippen LogP contribution in [-0.4, -0.2) is 51.0 Å². The quantitative estimate of drug-likeness (QED) is 0.413. The minimum Gasteiger partial charge on any atom is -0.357 e. The van der Waals surface area contributed by atoms with Crippen LogP contribution in [-0.2, 0) is 32.6 Å². The highest BCUT2D eigenvalue weighted by molar-refractivity contribution is 7.92. The Hall–Kier alpha value is -3.07. The zero-order valence-corrected chi connectivity index (χ0v) is 22.2. The largest absolute Gasteiger partial charge is 0.357 e. The van der Waals surface area contributed by atoms with Gasteiger partial charge in [0.15, 0.2) is 0 Å². The van der Waals surface area contributed by atoms with Crippen LogP contribution >= 0.6 is 23.2 Å². The summed E-state index contributed by atoms with van der Waals surface area (Å²) >= 11 is 12.7. The maximum absolute atomic E-state index is 13.8. The highest BCUT2D eigenvalue weighted by atomic mass is 35.5. The molecular formula is C26H27Cl2N3O4S. The standard InChI is InChI=1S/C26H27Cl2N3O4S/c1-29-26(33)24(16-19-10-4-3-5-11-19)30(17-20-12-6-7-13-21(20)27)25(32)18-31(36(2,34)35)23-15-9-8-14-22(23)28/h3-15,24H,16-18H2,1-2H3,(H,29,33)/t24-/m0/s1. The van der Waals surface area contributed by atoms with Gasteiger partial charge in [-0.05, 0) is 29.3 Å². The number of hydrogen-bond donors (Lipinski definition) is 1. The van der Waals surface area contributed by atoms with E-state index in [0.29, 0.717) is 10.6 Å². The summed E-state index contributed by atoms with van der Waals surface area (Å²) in [5, 5.41) is 3.24. The maximum Gasteiger partial charge on any atom is 0.244 e. The van der Waals surface area contributed by atoms with Gasteiger partial charge in [0.1, 0.15) is 12.6 Å². The molecule has 0 radical (unpaired) electrons. The van der Waals surface area contributed by atoms with E-state index in [4.69, 9.17) is 23.2 Å². The molecule has 0 aromatic heterocycles. The molecule has 0 spiro atoms. The number of amides is 2. The van der Waals surface area contributed by atoms with Crippen LogP contribution in [0, 0.1) is 0 Å². The lowest BCUT2D eigenvalue weighted by molar-refractivity contribution is -0.139. The molecule has 1 N–H and O–H groups in total. The number of benzene rings is 3. The molecule has 1 atom stereocenters. The molecule has 0 aliphatic heterocycles. The van der Waals surface area contributed by atoms with Gasteiger partial charge in [-0.3, -0.25) is 13.9 Å². The molecule has 0 saturated carbocycles. The molecule has 0 heterocycles. The number of para-hydroxylation sites is 1. The lowest BCUT2D eigenvalue weighted by Gasteiger charge is -2.33. The SMILES string of the molecule is CNC(=O)[C@H](Cc1ccccc1)N(Cc1ccccc1Cl)C(=O)CN(c1ccccc1Cl)S(C)(=O)=O. The van der Waals surface area contributed by atoms with Crippen molar-refractivity contribution in [2.24, 2.45) is 0 Å². The summed E-state index contributed by atoms with van der Waals surface area (Å²) in [6.07, 6.45) is 1.23. The van der Waals surface area contributed by atoms with Crippen molar-refractivity contribution in [1.29, 1.82) is 0 Å². The van der Waals surface area contributed by atoms with Gasteiger partial charge < -0.3 is 10.2 Å². The third-order valence-corrected chi connectivity index (χ3v) is 7.43. The summed E-state index contributed by atoms with van der Waals surface area (Å²) < 4.78 is 26.3. The molecule has 190 valence electrons. The zero-order chi connectivity index (χ0) is 26.3. The third-order valence-electron chi connectivity index (χ3n) is 5.62. The molecule has 0 aliphatic rings. The van der Waals surface area contributed by atoms with Crippen molar-refractivity contribution in [3.63, 3.8) is 0 Å². The summed E-state index contributed by atoms with van der Waals surface area (Å²) in [7, 11) is -2.39. The Bertz CT molecular complexity index is 1320. The Kier molecular flexibility index (Phi) is 9.37. The van der Waals surface area contributed by atoms with Crippen molar-refractivity contribution in [1.82, 2.24) is 10.2 Å². The van der Waals surface area contributed by atoms with Crippen molar-refractivity contribution in [2.75, 3.05) is 24.2 Å². The molecule has 0 unspecified atom stereocenters. The molecule has 0 bridgehead atoms. The number of halogens is 2. The second-order valence-corrected chi connectivity index (χ2v) is 10.9. The average molecular weight is 548 g/mol. The molecule has 10 heteroatoms. The lowest BCUT2D eigenvalue weighted by Crippen LogP contribution is -2.53. The van der Waals surface area contributed by atoms with Crippen molar-refractivity contribution in [2.45, 2.75) is 19.0 Å².